The van der Waals surface area contributed by atoms with E-state index in [0.29, 0.717) is 10.6 Å². The summed E-state index contributed by atoms with van der Waals surface area (Å²) in [5.74, 6) is 2.39. The Morgan fingerprint density at radius 2 is 1.90 bits per heavy atom. The fraction of sp³-hybridized carbons (Fsp3) is 0.542. The molecule has 2 fully saturated rings. The summed E-state index contributed by atoms with van der Waals surface area (Å²) in [6, 6.07) is 5.22. The van der Waals surface area contributed by atoms with Crippen LogP contribution in [0.5, 0.6) is 0 Å². The van der Waals surface area contributed by atoms with Gasteiger partial charge in [0.2, 0.25) is 5.95 Å². The van der Waals surface area contributed by atoms with E-state index in [1.54, 1.807) is 24.5 Å². The lowest BCUT2D eigenvalue weighted by Gasteiger charge is -2.44. The summed E-state index contributed by atoms with van der Waals surface area (Å²) >= 11 is 5.88. The van der Waals surface area contributed by atoms with Crippen molar-refractivity contribution >= 4 is 23.5 Å². The molecule has 2 heterocycles. The highest BCUT2D eigenvalue weighted by Crippen LogP contribution is 2.44. The van der Waals surface area contributed by atoms with Crippen LogP contribution in [-0.4, -0.2) is 36.1 Å². The number of hydrogen-bond acceptors (Lipinski definition) is 5. The zero-order valence-electron chi connectivity index (χ0n) is 17.9. The number of carbonyl (C=O) groups is 1. The van der Waals surface area contributed by atoms with Gasteiger partial charge in [-0.3, -0.25) is 4.79 Å². The van der Waals surface area contributed by atoms with Crippen LogP contribution in [0.4, 0.5) is 10.3 Å². The number of methoxy groups -OCH3 is 1. The van der Waals surface area contributed by atoms with Gasteiger partial charge in [-0.1, -0.05) is 23.7 Å². The molecule has 1 aliphatic carbocycles. The summed E-state index contributed by atoms with van der Waals surface area (Å²) in [6.07, 6.45) is 10.2. The maximum Gasteiger partial charge on any atom is 0.310 e. The van der Waals surface area contributed by atoms with Gasteiger partial charge in [-0.15, -0.1) is 0 Å². The normalized spacial score (nSPS) is 21.6. The Hall–Kier alpha value is -2.21. The second-order valence-electron chi connectivity index (χ2n) is 8.84. The molecule has 31 heavy (non-hydrogen) atoms. The third kappa shape index (κ3) is 5.53. The highest BCUT2D eigenvalue weighted by atomic mass is 35.5. The molecule has 1 saturated heterocycles. The summed E-state index contributed by atoms with van der Waals surface area (Å²) in [5, 5.41) is 0.569. The van der Waals surface area contributed by atoms with E-state index in [9.17, 15) is 9.18 Å². The number of carbonyl (C=O) groups excluding carboxylic acids is 1. The highest BCUT2D eigenvalue weighted by Gasteiger charge is 2.36. The molecule has 4 rings (SSSR count). The molecule has 1 aromatic heterocycles. The third-order valence-corrected chi connectivity index (χ3v) is 7.08. The third-order valence-electron chi connectivity index (χ3n) is 6.89. The van der Waals surface area contributed by atoms with Crippen LogP contribution < -0.4 is 4.90 Å². The molecular formula is C24H29ClFN3O2. The fourth-order valence-electron chi connectivity index (χ4n) is 4.94. The molecule has 5 nitrogen and oxygen atoms in total. The lowest BCUT2D eigenvalue weighted by atomic mass is 9.64. The van der Waals surface area contributed by atoms with Gasteiger partial charge in [-0.05, 0) is 73.5 Å². The Morgan fingerprint density at radius 3 is 2.55 bits per heavy atom. The molecule has 166 valence electrons. The first-order chi connectivity index (χ1) is 15.0. The first kappa shape index (κ1) is 22.0. The monoisotopic (exact) mass is 445 g/mol. The van der Waals surface area contributed by atoms with E-state index in [1.807, 2.05) is 6.07 Å². The van der Waals surface area contributed by atoms with Crippen LogP contribution in [-0.2, 0) is 22.4 Å². The van der Waals surface area contributed by atoms with Gasteiger partial charge in [-0.25, -0.2) is 14.4 Å². The summed E-state index contributed by atoms with van der Waals surface area (Å²) in [7, 11) is 1.32. The predicted molar refractivity (Wildman–Crippen MR) is 119 cm³/mol. The summed E-state index contributed by atoms with van der Waals surface area (Å²) in [5.41, 5.74) is 1.40. The van der Waals surface area contributed by atoms with Gasteiger partial charge < -0.3 is 9.64 Å². The minimum absolute atomic E-state index is 0.0180. The van der Waals surface area contributed by atoms with Crippen LogP contribution in [0.2, 0.25) is 5.02 Å². The van der Waals surface area contributed by atoms with Gasteiger partial charge in [0, 0.05) is 13.1 Å². The fourth-order valence-corrected chi connectivity index (χ4v) is 5.03. The molecule has 0 amide bonds. The number of hydrogen-bond donors (Lipinski definition) is 0. The van der Waals surface area contributed by atoms with Crippen LogP contribution in [0.15, 0.2) is 30.6 Å². The first-order valence-electron chi connectivity index (χ1n) is 11.1. The lowest BCUT2D eigenvalue weighted by Crippen LogP contribution is -2.40. The van der Waals surface area contributed by atoms with Crippen LogP contribution in [0.3, 0.4) is 0 Å². The van der Waals surface area contributed by atoms with Crippen molar-refractivity contribution in [1.82, 2.24) is 9.97 Å². The van der Waals surface area contributed by atoms with Gasteiger partial charge in [0.05, 0.1) is 30.9 Å². The van der Waals surface area contributed by atoms with Gasteiger partial charge in [0.1, 0.15) is 5.82 Å². The Kier molecular flexibility index (Phi) is 7.06. The van der Waals surface area contributed by atoms with Crippen molar-refractivity contribution in [2.75, 3.05) is 25.1 Å². The average Bonchev–Trinajstić information content (AvgIpc) is 2.75. The number of piperidine rings is 1. The lowest BCUT2D eigenvalue weighted by molar-refractivity contribution is -0.139. The number of nitrogens with zero attached hydrogens (tertiary/aromatic N) is 3. The average molecular weight is 446 g/mol. The number of esters is 1. The molecular weight excluding hydrogens is 417 g/mol. The van der Waals surface area contributed by atoms with E-state index in [1.165, 1.54) is 32.8 Å². The van der Waals surface area contributed by atoms with E-state index in [2.05, 4.69) is 19.6 Å². The molecule has 1 aliphatic heterocycles. The van der Waals surface area contributed by atoms with Crippen LogP contribution in [0.25, 0.3) is 0 Å². The molecule has 0 bridgehead atoms. The first-order valence-corrected chi connectivity index (χ1v) is 11.5. The number of anilines is 1. The minimum Gasteiger partial charge on any atom is -0.469 e. The molecule has 0 unspecified atom stereocenters. The molecule has 7 heteroatoms. The van der Waals surface area contributed by atoms with E-state index in [-0.39, 0.29) is 12.2 Å². The van der Waals surface area contributed by atoms with Gasteiger partial charge >= 0.3 is 5.97 Å². The van der Waals surface area contributed by atoms with Crippen molar-refractivity contribution in [3.05, 3.63) is 52.6 Å². The molecule has 0 atom stereocenters. The number of aromatic nitrogens is 2. The smallest absolute Gasteiger partial charge is 0.310 e. The summed E-state index contributed by atoms with van der Waals surface area (Å²) < 4.78 is 18.8. The number of benzene rings is 1. The molecule has 1 aromatic carbocycles. The predicted octanol–water partition coefficient (Wildman–Crippen LogP) is 4.86. The second-order valence-corrected chi connectivity index (χ2v) is 9.28. The molecule has 2 aliphatic rings. The van der Waals surface area contributed by atoms with E-state index in [0.717, 1.165) is 55.2 Å². The number of aryl methyl sites for hydroxylation is 1. The Morgan fingerprint density at radius 1 is 1.19 bits per heavy atom. The Labute approximate surface area is 188 Å². The Balaban J connectivity index is 1.18. The highest BCUT2D eigenvalue weighted by molar-refractivity contribution is 6.30. The quantitative estimate of drug-likeness (QED) is 0.569. The van der Waals surface area contributed by atoms with Gasteiger partial charge in [0.25, 0.3) is 0 Å². The molecule has 0 N–H and O–H groups in total. The Bertz CT molecular complexity index is 894. The van der Waals surface area contributed by atoms with Crippen LogP contribution >= 0.6 is 11.6 Å². The summed E-state index contributed by atoms with van der Waals surface area (Å²) in [6.45, 7) is 2.01. The summed E-state index contributed by atoms with van der Waals surface area (Å²) in [4.78, 5) is 22.3. The molecule has 1 saturated carbocycles. The number of rotatable bonds is 7. The van der Waals surface area contributed by atoms with E-state index in [4.69, 9.17) is 11.6 Å². The van der Waals surface area contributed by atoms with Crippen molar-refractivity contribution in [2.45, 2.75) is 44.9 Å². The van der Waals surface area contributed by atoms with Gasteiger partial charge in [-0.2, -0.15) is 0 Å². The van der Waals surface area contributed by atoms with E-state index < -0.39 is 5.97 Å². The van der Waals surface area contributed by atoms with Gasteiger partial charge in [0.15, 0.2) is 0 Å². The largest absolute Gasteiger partial charge is 0.469 e. The molecule has 0 radical (unpaired) electrons. The SMILES string of the molecule is COC(=O)Cc1ccc(CCC2CC(C3CCN(c4ncc(Cl)cn4)CC3)C2)cc1F. The standard InChI is InChI=1S/C24H29ClFN3O2/c1-31-23(30)13-19-5-4-16(12-22(19)26)2-3-17-10-20(11-17)18-6-8-29(9-7-18)24-27-14-21(25)15-28-24/h4-5,12,14-15,17-18,20H,2-3,6-11,13H2,1H3. The topological polar surface area (TPSA) is 55.3 Å². The van der Waals surface area contributed by atoms with Crippen molar-refractivity contribution in [1.29, 1.82) is 0 Å². The van der Waals surface area contributed by atoms with Crippen molar-refractivity contribution in [3.63, 3.8) is 0 Å². The minimum atomic E-state index is -0.418. The zero-order chi connectivity index (χ0) is 21.8. The van der Waals surface area contributed by atoms with E-state index >= 15 is 0 Å². The van der Waals surface area contributed by atoms with Crippen molar-refractivity contribution < 1.29 is 13.9 Å². The number of ether oxygens (including phenoxy) is 1. The molecule has 2 aromatic rings. The van der Waals surface area contributed by atoms with Crippen molar-refractivity contribution in [3.8, 4) is 0 Å². The number of halogens is 2. The maximum absolute atomic E-state index is 14.2. The molecule has 0 spiro atoms. The zero-order valence-corrected chi connectivity index (χ0v) is 18.7. The maximum atomic E-state index is 14.2. The second kappa shape index (κ2) is 9.94. The van der Waals surface area contributed by atoms with Crippen molar-refractivity contribution in [2.24, 2.45) is 17.8 Å². The van der Waals surface area contributed by atoms with Crippen LogP contribution in [0.1, 0.15) is 43.2 Å². The van der Waals surface area contributed by atoms with Crippen LogP contribution in [0, 0.1) is 23.6 Å².